The van der Waals surface area contributed by atoms with Gasteiger partial charge < -0.3 is 15.3 Å². The minimum absolute atomic E-state index is 0.0274. The van der Waals surface area contributed by atoms with Gasteiger partial charge in [-0.25, -0.2) is 0 Å². The number of carboxylic acid groups (broad SMARTS) is 1. The molecule has 4 aliphatic rings. The Morgan fingerprint density at radius 2 is 1.61 bits per heavy atom. The highest BCUT2D eigenvalue weighted by Crippen LogP contribution is 2.71. The van der Waals surface area contributed by atoms with Crippen LogP contribution in [0.1, 0.15) is 78.6 Å². The largest absolute Gasteiger partial charge is 0.481 e. The number of aliphatic carboxylic acids is 1. The second-order valence-corrected chi connectivity index (χ2v) is 10.9. The van der Waals surface area contributed by atoms with Gasteiger partial charge in [0.25, 0.3) is 0 Å². The summed E-state index contributed by atoms with van der Waals surface area (Å²) in [5, 5.41) is 30.8. The van der Waals surface area contributed by atoms with Crippen LogP contribution in [-0.2, 0) is 9.59 Å². The van der Waals surface area contributed by atoms with Gasteiger partial charge in [-0.3, -0.25) is 9.59 Å². The molecular weight excluding hydrogens is 356 g/mol. The number of aliphatic hydroxyl groups excluding tert-OH is 2. The van der Waals surface area contributed by atoms with Crippen LogP contribution in [0.15, 0.2) is 0 Å². The van der Waals surface area contributed by atoms with Gasteiger partial charge in [0.15, 0.2) is 0 Å². The topological polar surface area (TPSA) is 94.8 Å². The third-order valence-electron chi connectivity index (χ3n) is 10.1. The van der Waals surface area contributed by atoms with Crippen molar-refractivity contribution in [3.63, 3.8) is 0 Å². The zero-order chi connectivity index (χ0) is 20.5. The summed E-state index contributed by atoms with van der Waals surface area (Å²) in [6, 6.07) is 0. The van der Waals surface area contributed by atoms with Gasteiger partial charge in [-0.15, -0.1) is 0 Å². The van der Waals surface area contributed by atoms with E-state index in [0.717, 1.165) is 38.5 Å². The molecule has 0 heterocycles. The number of fused-ring (bicyclic) bond motifs is 5. The minimum Gasteiger partial charge on any atom is -0.481 e. The van der Waals surface area contributed by atoms with Crippen molar-refractivity contribution in [2.75, 3.05) is 0 Å². The molecule has 0 aliphatic heterocycles. The second-order valence-electron chi connectivity index (χ2n) is 10.9. The van der Waals surface area contributed by atoms with Crippen LogP contribution in [0.3, 0.4) is 0 Å². The van der Waals surface area contributed by atoms with Gasteiger partial charge in [-0.1, -0.05) is 13.8 Å². The summed E-state index contributed by atoms with van der Waals surface area (Å²) in [5.74, 6) is 0.448. The van der Waals surface area contributed by atoms with Crippen LogP contribution in [0.2, 0.25) is 0 Å². The molecule has 0 radical (unpaired) electrons. The van der Waals surface area contributed by atoms with Crippen LogP contribution < -0.4 is 0 Å². The molecule has 5 nitrogen and oxygen atoms in total. The van der Waals surface area contributed by atoms with Crippen LogP contribution in [-0.4, -0.2) is 39.3 Å². The molecule has 0 bridgehead atoms. The molecule has 3 N–H and O–H groups in total. The van der Waals surface area contributed by atoms with Crippen molar-refractivity contribution in [2.45, 2.75) is 90.8 Å². The van der Waals surface area contributed by atoms with Crippen molar-refractivity contribution < 1.29 is 24.9 Å². The number of ketones is 1. The van der Waals surface area contributed by atoms with E-state index in [1.165, 1.54) is 0 Å². The lowest BCUT2D eigenvalue weighted by atomic mass is 9.42. The molecule has 0 aromatic carbocycles. The lowest BCUT2D eigenvalue weighted by Crippen LogP contribution is -2.59. The van der Waals surface area contributed by atoms with Gasteiger partial charge in [0.2, 0.25) is 0 Å². The maximum Gasteiger partial charge on any atom is 0.304 e. The molecule has 0 aromatic rings. The van der Waals surface area contributed by atoms with Crippen molar-refractivity contribution in [1.29, 1.82) is 0 Å². The molecule has 3 unspecified atom stereocenters. The Hall–Kier alpha value is -0.940. The van der Waals surface area contributed by atoms with Crippen LogP contribution in [0.5, 0.6) is 0 Å². The maximum absolute atomic E-state index is 12.8. The average Bonchev–Trinajstić information content (AvgIpc) is 2.90. The standard InChI is InChI=1S/C23H36O5/c1-13(24)23(12-20(27)28)9-6-17-15-11-19(26)18-10-14(25)4-7-21(18,2)16(15)5-8-22(17,23)3/h14-19,25-26H,4-12H2,1-3H3,(H,27,28)/t14?,15-,16+,17+,18?,19?,21-,22+,23+/m1/s1. The van der Waals surface area contributed by atoms with Gasteiger partial charge in [0, 0.05) is 5.41 Å². The molecule has 158 valence electrons. The number of carboxylic acids is 1. The molecule has 4 fully saturated rings. The Bertz CT molecular complexity index is 676. The fourth-order valence-electron chi connectivity index (χ4n) is 8.66. The molecule has 0 amide bonds. The van der Waals surface area contributed by atoms with Crippen molar-refractivity contribution in [2.24, 2.45) is 39.9 Å². The van der Waals surface area contributed by atoms with Crippen LogP contribution in [0, 0.1) is 39.9 Å². The zero-order valence-corrected chi connectivity index (χ0v) is 17.5. The summed E-state index contributed by atoms with van der Waals surface area (Å²) in [6.45, 7) is 6.06. The molecule has 28 heavy (non-hydrogen) atoms. The second kappa shape index (κ2) is 6.53. The predicted octanol–water partition coefficient (Wildman–Crippen LogP) is 3.41. The van der Waals surface area contributed by atoms with Gasteiger partial charge in [0.05, 0.1) is 18.6 Å². The molecule has 0 spiro atoms. The Morgan fingerprint density at radius 3 is 2.25 bits per heavy atom. The zero-order valence-electron chi connectivity index (χ0n) is 17.5. The molecule has 9 atom stereocenters. The van der Waals surface area contributed by atoms with Gasteiger partial charge in [0.1, 0.15) is 5.78 Å². The summed E-state index contributed by atoms with van der Waals surface area (Å²) in [5.41, 5.74) is -1.02. The molecule has 4 rings (SSSR count). The van der Waals surface area contributed by atoms with Crippen LogP contribution in [0.4, 0.5) is 0 Å². The summed E-state index contributed by atoms with van der Waals surface area (Å²) in [7, 11) is 0. The van der Waals surface area contributed by atoms with Gasteiger partial charge in [-0.2, -0.15) is 0 Å². The Kier molecular flexibility index (Phi) is 4.74. The highest BCUT2D eigenvalue weighted by molar-refractivity contribution is 5.88. The van der Waals surface area contributed by atoms with E-state index in [-0.39, 0.29) is 35.1 Å². The fraction of sp³-hybridized carbons (Fsp3) is 0.913. The molecule has 0 saturated heterocycles. The van der Waals surface area contributed by atoms with E-state index in [0.29, 0.717) is 30.6 Å². The first-order chi connectivity index (χ1) is 13.0. The highest BCUT2D eigenvalue weighted by atomic mass is 16.4. The molecule has 4 aliphatic carbocycles. The molecule has 4 saturated carbocycles. The molecular formula is C23H36O5. The smallest absolute Gasteiger partial charge is 0.304 e. The number of Topliss-reactive ketones (excluding diaryl/α,β-unsaturated/α-hetero) is 1. The number of carbonyl (C=O) groups excluding carboxylic acids is 1. The van der Waals surface area contributed by atoms with Gasteiger partial charge >= 0.3 is 5.97 Å². The third kappa shape index (κ3) is 2.57. The number of hydrogen-bond donors (Lipinski definition) is 3. The Morgan fingerprint density at radius 1 is 0.929 bits per heavy atom. The average molecular weight is 393 g/mol. The first-order valence-corrected chi connectivity index (χ1v) is 11.1. The third-order valence-corrected chi connectivity index (χ3v) is 10.1. The SMILES string of the molecule is CC(=O)[C@@]1(CC(=O)O)CC[C@H]2[C@@H]3CC(O)C4CC(O)CC[C@]4(C)[C@H]3CC[C@@]21C. The fourth-order valence-corrected chi connectivity index (χ4v) is 8.66. The Labute approximate surface area is 167 Å². The van der Waals surface area contributed by atoms with Crippen LogP contribution in [0.25, 0.3) is 0 Å². The normalized spacial score (nSPS) is 53.0. The first-order valence-electron chi connectivity index (χ1n) is 11.1. The van der Waals surface area contributed by atoms with Gasteiger partial charge in [-0.05, 0) is 92.8 Å². The number of rotatable bonds is 3. The lowest BCUT2D eigenvalue weighted by molar-refractivity contribution is -0.181. The van der Waals surface area contributed by atoms with E-state index in [1.54, 1.807) is 6.92 Å². The van der Waals surface area contributed by atoms with Crippen LogP contribution >= 0.6 is 0 Å². The predicted molar refractivity (Wildman–Crippen MR) is 104 cm³/mol. The van der Waals surface area contributed by atoms with Crippen molar-refractivity contribution in [3.05, 3.63) is 0 Å². The highest BCUT2D eigenvalue weighted by Gasteiger charge is 2.67. The summed E-state index contributed by atoms with van der Waals surface area (Å²) in [6.07, 6.45) is 5.86. The lowest BCUT2D eigenvalue weighted by Gasteiger charge is -2.63. The van der Waals surface area contributed by atoms with E-state index in [9.17, 15) is 24.9 Å². The minimum atomic E-state index is -0.879. The summed E-state index contributed by atoms with van der Waals surface area (Å²) in [4.78, 5) is 24.4. The van der Waals surface area contributed by atoms with E-state index in [1.807, 2.05) is 0 Å². The van der Waals surface area contributed by atoms with E-state index < -0.39 is 17.5 Å². The Balaban J connectivity index is 1.69. The van der Waals surface area contributed by atoms with E-state index in [4.69, 9.17) is 0 Å². The summed E-state index contributed by atoms with van der Waals surface area (Å²) < 4.78 is 0. The summed E-state index contributed by atoms with van der Waals surface area (Å²) >= 11 is 0. The first kappa shape index (κ1) is 20.3. The molecule has 0 aromatic heterocycles. The number of aliphatic hydroxyl groups is 2. The quantitative estimate of drug-likeness (QED) is 0.684. The number of hydrogen-bond acceptors (Lipinski definition) is 4. The van der Waals surface area contributed by atoms with Crippen molar-refractivity contribution in [1.82, 2.24) is 0 Å². The van der Waals surface area contributed by atoms with E-state index in [2.05, 4.69) is 13.8 Å². The molecule has 5 heteroatoms. The van der Waals surface area contributed by atoms with Crippen molar-refractivity contribution in [3.8, 4) is 0 Å². The monoisotopic (exact) mass is 392 g/mol. The van der Waals surface area contributed by atoms with Crippen molar-refractivity contribution >= 4 is 11.8 Å². The number of carbonyl (C=O) groups is 2. The maximum atomic E-state index is 12.8. The van der Waals surface area contributed by atoms with E-state index >= 15 is 0 Å².